The molecule has 0 unspecified atom stereocenters. The molecule has 1 aliphatic heterocycles. The van der Waals surface area contributed by atoms with Gasteiger partial charge in [0.05, 0.1) is 18.0 Å². The molecule has 146 valence electrons. The second-order valence-electron chi connectivity index (χ2n) is 8.24. The number of sulfonamides is 1. The molecule has 0 aliphatic carbocycles. The van der Waals surface area contributed by atoms with E-state index in [9.17, 15) is 13.2 Å². The lowest BCUT2D eigenvalue weighted by Gasteiger charge is -2.31. The van der Waals surface area contributed by atoms with Crippen molar-refractivity contribution in [1.82, 2.24) is 5.32 Å². The van der Waals surface area contributed by atoms with Gasteiger partial charge in [-0.1, -0.05) is 26.8 Å². The molecule has 27 heavy (non-hydrogen) atoms. The standard InChI is InChI=1S/C20H26N2O3S2/c1-13-11-15-12-14(8-9-16(15)22(13)27(5,24)25)19(23)21-18(20(2,3)4)17-7-6-10-26-17/h6-10,12-13,18H,11H2,1-5H3,(H,21,23)/t13-,18+/m1/s1. The average Bonchev–Trinajstić information content (AvgIpc) is 3.15. The van der Waals surface area contributed by atoms with E-state index in [-0.39, 0.29) is 23.4 Å². The number of nitrogens with one attached hydrogen (secondary N) is 1. The molecule has 0 bridgehead atoms. The van der Waals surface area contributed by atoms with Crippen molar-refractivity contribution in [3.8, 4) is 0 Å². The number of benzene rings is 1. The van der Waals surface area contributed by atoms with Gasteiger partial charge in [0, 0.05) is 16.5 Å². The van der Waals surface area contributed by atoms with E-state index >= 15 is 0 Å². The summed E-state index contributed by atoms with van der Waals surface area (Å²) in [5.41, 5.74) is 2.00. The quantitative estimate of drug-likeness (QED) is 0.835. The number of anilines is 1. The first-order valence-electron chi connectivity index (χ1n) is 8.95. The smallest absolute Gasteiger partial charge is 0.251 e. The van der Waals surface area contributed by atoms with Crippen LogP contribution >= 0.6 is 11.3 Å². The number of carbonyl (C=O) groups excluding carboxylic acids is 1. The number of rotatable bonds is 4. The first-order chi connectivity index (χ1) is 12.5. The maximum absolute atomic E-state index is 12.9. The van der Waals surface area contributed by atoms with Gasteiger partial charge in [0.25, 0.3) is 5.91 Å². The largest absolute Gasteiger partial charge is 0.344 e. The molecule has 7 heteroatoms. The van der Waals surface area contributed by atoms with Crippen LogP contribution in [0, 0.1) is 5.41 Å². The van der Waals surface area contributed by atoms with Crippen LogP contribution in [0.2, 0.25) is 0 Å². The van der Waals surface area contributed by atoms with Crippen LogP contribution in [0.3, 0.4) is 0 Å². The maximum atomic E-state index is 12.9. The summed E-state index contributed by atoms with van der Waals surface area (Å²) in [5.74, 6) is -0.142. The number of amides is 1. The van der Waals surface area contributed by atoms with Gasteiger partial charge in [0.2, 0.25) is 10.0 Å². The third-order valence-corrected chi connectivity index (χ3v) is 7.03. The summed E-state index contributed by atoms with van der Waals surface area (Å²) in [4.78, 5) is 14.0. The van der Waals surface area contributed by atoms with E-state index in [2.05, 4.69) is 26.1 Å². The number of thiophene rings is 1. The highest BCUT2D eigenvalue weighted by atomic mass is 32.2. The highest BCUT2D eigenvalue weighted by Gasteiger charge is 2.33. The predicted octanol–water partition coefficient (Wildman–Crippen LogP) is 3.98. The van der Waals surface area contributed by atoms with Crippen LogP contribution in [0.5, 0.6) is 0 Å². The summed E-state index contributed by atoms with van der Waals surface area (Å²) >= 11 is 1.63. The number of carbonyl (C=O) groups is 1. The van der Waals surface area contributed by atoms with Crippen molar-refractivity contribution in [3.05, 3.63) is 51.7 Å². The molecule has 0 fully saturated rings. The molecule has 2 heterocycles. The van der Waals surface area contributed by atoms with Gasteiger partial charge in [0.1, 0.15) is 0 Å². The van der Waals surface area contributed by atoms with Crippen molar-refractivity contribution in [1.29, 1.82) is 0 Å². The van der Waals surface area contributed by atoms with Crippen molar-refractivity contribution < 1.29 is 13.2 Å². The molecule has 0 saturated carbocycles. The zero-order valence-electron chi connectivity index (χ0n) is 16.3. The number of hydrogen-bond donors (Lipinski definition) is 1. The molecule has 2 atom stereocenters. The van der Waals surface area contributed by atoms with Gasteiger partial charge in [-0.2, -0.15) is 0 Å². The maximum Gasteiger partial charge on any atom is 0.251 e. The molecule has 0 radical (unpaired) electrons. The van der Waals surface area contributed by atoms with Gasteiger partial charge in [-0.15, -0.1) is 11.3 Å². The summed E-state index contributed by atoms with van der Waals surface area (Å²) in [7, 11) is -3.33. The molecule has 1 amide bonds. The normalized spacial score (nSPS) is 18.3. The van der Waals surface area contributed by atoms with Crippen LogP contribution in [0.15, 0.2) is 35.7 Å². The second-order valence-corrected chi connectivity index (χ2v) is 11.1. The van der Waals surface area contributed by atoms with Gasteiger partial charge >= 0.3 is 0 Å². The number of fused-ring (bicyclic) bond motifs is 1. The molecule has 0 saturated heterocycles. The van der Waals surface area contributed by atoms with Crippen LogP contribution in [-0.2, 0) is 16.4 Å². The van der Waals surface area contributed by atoms with Crippen molar-refractivity contribution >= 4 is 33.0 Å². The molecule has 5 nitrogen and oxygen atoms in total. The summed E-state index contributed by atoms with van der Waals surface area (Å²) in [6.07, 6.45) is 1.82. The van der Waals surface area contributed by atoms with Gasteiger partial charge in [-0.3, -0.25) is 9.10 Å². The summed E-state index contributed by atoms with van der Waals surface area (Å²) in [5, 5.41) is 5.17. The molecular formula is C20H26N2O3S2. The van der Waals surface area contributed by atoms with Crippen LogP contribution in [0.1, 0.15) is 54.5 Å². The first kappa shape index (κ1) is 19.9. The molecule has 0 spiro atoms. The Morgan fingerprint density at radius 2 is 2.00 bits per heavy atom. The Hall–Kier alpha value is -1.86. The Morgan fingerprint density at radius 3 is 2.56 bits per heavy atom. The highest BCUT2D eigenvalue weighted by molar-refractivity contribution is 7.92. The molecule has 1 aliphatic rings. The Labute approximate surface area is 165 Å². The van der Waals surface area contributed by atoms with Crippen molar-refractivity contribution in [2.45, 2.75) is 46.2 Å². The minimum absolute atomic E-state index is 0.0929. The van der Waals surface area contributed by atoms with Crippen LogP contribution in [-0.4, -0.2) is 26.6 Å². The van der Waals surface area contributed by atoms with Crippen molar-refractivity contribution in [3.63, 3.8) is 0 Å². The Bertz CT molecular complexity index is 944. The predicted molar refractivity (Wildman–Crippen MR) is 111 cm³/mol. The van der Waals surface area contributed by atoms with E-state index in [4.69, 9.17) is 0 Å². The van der Waals surface area contributed by atoms with Gasteiger partial charge < -0.3 is 5.32 Å². The molecular weight excluding hydrogens is 380 g/mol. The number of nitrogens with zero attached hydrogens (tertiary/aromatic N) is 1. The van der Waals surface area contributed by atoms with Gasteiger partial charge in [0.15, 0.2) is 0 Å². The second kappa shape index (κ2) is 6.95. The van der Waals surface area contributed by atoms with Crippen LogP contribution in [0.25, 0.3) is 0 Å². The first-order valence-corrected chi connectivity index (χ1v) is 11.7. The lowest BCUT2D eigenvalue weighted by atomic mass is 9.85. The summed E-state index contributed by atoms with van der Waals surface area (Å²) < 4.78 is 25.6. The minimum atomic E-state index is -3.33. The molecule has 1 N–H and O–H groups in total. The van der Waals surface area contributed by atoms with Crippen molar-refractivity contribution in [2.24, 2.45) is 5.41 Å². The van der Waals surface area contributed by atoms with E-state index in [1.165, 1.54) is 10.6 Å². The minimum Gasteiger partial charge on any atom is -0.344 e. The Kier molecular flexibility index (Phi) is 5.12. The van der Waals surface area contributed by atoms with E-state index < -0.39 is 10.0 Å². The average molecular weight is 407 g/mol. The van der Waals surface area contributed by atoms with Crippen LogP contribution in [0.4, 0.5) is 5.69 Å². The van der Waals surface area contributed by atoms with E-state index in [0.29, 0.717) is 17.7 Å². The SMILES string of the molecule is C[C@@H]1Cc2cc(C(=O)N[C@@H](c3cccs3)C(C)(C)C)ccc2N1S(C)(=O)=O. The van der Waals surface area contributed by atoms with E-state index in [1.54, 1.807) is 23.5 Å². The fourth-order valence-corrected chi connectivity index (χ4v) is 5.92. The van der Waals surface area contributed by atoms with E-state index in [1.807, 2.05) is 30.5 Å². The van der Waals surface area contributed by atoms with Crippen molar-refractivity contribution in [2.75, 3.05) is 10.6 Å². The summed E-state index contributed by atoms with van der Waals surface area (Å²) in [6.45, 7) is 8.19. The Morgan fingerprint density at radius 1 is 1.30 bits per heavy atom. The highest BCUT2D eigenvalue weighted by Crippen LogP contribution is 2.37. The van der Waals surface area contributed by atoms with Gasteiger partial charge in [-0.25, -0.2) is 8.42 Å². The fourth-order valence-electron chi connectivity index (χ4n) is 3.63. The third-order valence-electron chi connectivity index (χ3n) is 4.82. The molecule has 2 aromatic rings. The zero-order valence-corrected chi connectivity index (χ0v) is 17.9. The Balaban J connectivity index is 1.88. The van der Waals surface area contributed by atoms with Gasteiger partial charge in [-0.05, 0) is 54.0 Å². The molecule has 1 aromatic heterocycles. The molecule has 3 rings (SSSR count). The van der Waals surface area contributed by atoms with E-state index in [0.717, 1.165) is 10.4 Å². The monoisotopic (exact) mass is 406 g/mol. The molecule has 1 aromatic carbocycles. The summed E-state index contributed by atoms with van der Waals surface area (Å²) in [6, 6.07) is 9.06. The third kappa shape index (κ3) is 4.04. The zero-order chi connectivity index (χ0) is 20.0. The lowest BCUT2D eigenvalue weighted by Crippen LogP contribution is -2.36. The number of hydrogen-bond acceptors (Lipinski definition) is 4. The topological polar surface area (TPSA) is 66.5 Å². The lowest BCUT2D eigenvalue weighted by molar-refractivity contribution is 0.0903. The van der Waals surface area contributed by atoms with Crippen LogP contribution < -0.4 is 9.62 Å². The fraction of sp³-hybridized carbons (Fsp3) is 0.450.